The number of nitro benzene ring substituents is 1. The third kappa shape index (κ3) is 5.18. The first-order valence-electron chi connectivity index (χ1n) is 7.95. The number of nitrogens with one attached hydrogen (secondary N) is 2. The van der Waals surface area contributed by atoms with Crippen molar-refractivity contribution in [2.24, 2.45) is 0 Å². The van der Waals surface area contributed by atoms with Crippen molar-refractivity contribution in [1.29, 1.82) is 0 Å². The molecule has 0 aliphatic heterocycles. The molecule has 2 N–H and O–H groups in total. The molecule has 2 rings (SSSR count). The number of para-hydroxylation sites is 1. The van der Waals surface area contributed by atoms with E-state index in [0.717, 1.165) is 0 Å². The highest BCUT2D eigenvalue weighted by Crippen LogP contribution is 2.27. The van der Waals surface area contributed by atoms with Gasteiger partial charge in [0.2, 0.25) is 5.91 Å². The molecule has 0 aliphatic carbocycles. The standard InChI is InChI=1S/C18H19N3O6/c1-26-15-8-7-12(9-16(15)27-2)18(23)20-11-17(22)19-10-13-5-3-4-6-14(13)21(24)25/h3-9H,10-11H2,1-2H3,(H,19,22)(H,20,23). The monoisotopic (exact) mass is 373 g/mol. The second-order valence-corrected chi connectivity index (χ2v) is 5.41. The van der Waals surface area contributed by atoms with Gasteiger partial charge >= 0.3 is 0 Å². The zero-order valence-corrected chi connectivity index (χ0v) is 14.9. The predicted octanol–water partition coefficient (Wildman–Crippen LogP) is 1.66. The van der Waals surface area contributed by atoms with Crippen LogP contribution in [-0.4, -0.2) is 37.5 Å². The molecule has 0 fully saturated rings. The SMILES string of the molecule is COc1ccc(C(=O)NCC(=O)NCc2ccccc2[N+](=O)[O-])cc1OC. The highest BCUT2D eigenvalue weighted by Gasteiger charge is 2.14. The molecule has 0 heterocycles. The molecule has 2 amide bonds. The van der Waals surface area contributed by atoms with Crippen LogP contribution in [0.2, 0.25) is 0 Å². The van der Waals surface area contributed by atoms with Crippen LogP contribution in [0, 0.1) is 10.1 Å². The molecule has 2 aromatic rings. The van der Waals surface area contributed by atoms with Crippen molar-refractivity contribution < 1.29 is 24.0 Å². The molecule has 0 spiro atoms. The highest BCUT2D eigenvalue weighted by atomic mass is 16.6. The van der Waals surface area contributed by atoms with Gasteiger partial charge in [0.05, 0.1) is 25.7 Å². The van der Waals surface area contributed by atoms with Crippen LogP contribution < -0.4 is 20.1 Å². The van der Waals surface area contributed by atoms with E-state index in [1.54, 1.807) is 30.3 Å². The minimum Gasteiger partial charge on any atom is -0.493 e. The fourth-order valence-electron chi connectivity index (χ4n) is 2.33. The lowest BCUT2D eigenvalue weighted by Gasteiger charge is -2.10. The molecule has 2 aromatic carbocycles. The Morgan fingerprint density at radius 2 is 1.74 bits per heavy atom. The van der Waals surface area contributed by atoms with E-state index in [4.69, 9.17) is 9.47 Å². The summed E-state index contributed by atoms with van der Waals surface area (Å²) in [5, 5.41) is 16.0. The van der Waals surface area contributed by atoms with Gasteiger partial charge in [-0.2, -0.15) is 0 Å². The van der Waals surface area contributed by atoms with Gasteiger partial charge in [-0.15, -0.1) is 0 Å². The van der Waals surface area contributed by atoms with Crippen molar-refractivity contribution >= 4 is 17.5 Å². The van der Waals surface area contributed by atoms with E-state index in [2.05, 4.69) is 10.6 Å². The molecular formula is C18H19N3O6. The average molecular weight is 373 g/mol. The summed E-state index contributed by atoms with van der Waals surface area (Å²) in [6, 6.07) is 10.7. The number of benzene rings is 2. The summed E-state index contributed by atoms with van der Waals surface area (Å²) < 4.78 is 10.2. The quantitative estimate of drug-likeness (QED) is 0.536. The summed E-state index contributed by atoms with van der Waals surface area (Å²) in [5.74, 6) is -0.0546. The Morgan fingerprint density at radius 1 is 1.04 bits per heavy atom. The third-order valence-corrected chi connectivity index (χ3v) is 3.72. The van der Waals surface area contributed by atoms with Gasteiger partial charge in [0.1, 0.15) is 0 Å². The predicted molar refractivity (Wildman–Crippen MR) is 96.8 cm³/mol. The minimum atomic E-state index is -0.514. The summed E-state index contributed by atoms with van der Waals surface area (Å²) in [6.07, 6.45) is 0. The lowest BCUT2D eigenvalue weighted by Crippen LogP contribution is -2.36. The number of nitro groups is 1. The molecule has 0 saturated heterocycles. The van der Waals surface area contributed by atoms with Crippen LogP contribution in [0.3, 0.4) is 0 Å². The maximum atomic E-state index is 12.2. The normalized spacial score (nSPS) is 10.0. The number of ether oxygens (including phenoxy) is 2. The fraction of sp³-hybridized carbons (Fsp3) is 0.222. The zero-order valence-electron chi connectivity index (χ0n) is 14.9. The Kier molecular flexibility index (Phi) is 6.70. The number of methoxy groups -OCH3 is 2. The molecule has 9 nitrogen and oxygen atoms in total. The maximum Gasteiger partial charge on any atom is 0.274 e. The van der Waals surface area contributed by atoms with Crippen LogP contribution in [0.25, 0.3) is 0 Å². The van der Waals surface area contributed by atoms with Crippen LogP contribution in [0.1, 0.15) is 15.9 Å². The van der Waals surface area contributed by atoms with Crippen LogP contribution in [0.4, 0.5) is 5.69 Å². The van der Waals surface area contributed by atoms with E-state index in [-0.39, 0.29) is 18.8 Å². The summed E-state index contributed by atoms with van der Waals surface area (Å²) in [4.78, 5) is 34.5. The van der Waals surface area contributed by atoms with Crippen molar-refractivity contribution in [3.05, 3.63) is 63.7 Å². The summed E-state index contributed by atoms with van der Waals surface area (Å²) >= 11 is 0. The van der Waals surface area contributed by atoms with Gasteiger partial charge in [-0.05, 0) is 18.2 Å². The molecule has 0 atom stereocenters. The topological polar surface area (TPSA) is 120 Å². The first-order chi connectivity index (χ1) is 13.0. The van der Waals surface area contributed by atoms with Gasteiger partial charge in [0.25, 0.3) is 11.6 Å². The average Bonchev–Trinajstić information content (AvgIpc) is 2.69. The van der Waals surface area contributed by atoms with Gasteiger partial charge < -0.3 is 20.1 Å². The summed E-state index contributed by atoms with van der Waals surface area (Å²) in [5.41, 5.74) is 0.605. The van der Waals surface area contributed by atoms with Crippen LogP contribution >= 0.6 is 0 Å². The van der Waals surface area contributed by atoms with Crippen molar-refractivity contribution in [3.8, 4) is 11.5 Å². The Bertz CT molecular complexity index is 853. The Balaban J connectivity index is 1.90. The Morgan fingerprint density at radius 3 is 2.41 bits per heavy atom. The molecule has 0 saturated carbocycles. The van der Waals surface area contributed by atoms with Gasteiger partial charge in [-0.25, -0.2) is 0 Å². The number of nitrogens with zero attached hydrogens (tertiary/aromatic N) is 1. The second-order valence-electron chi connectivity index (χ2n) is 5.41. The molecule has 0 aliphatic rings. The van der Waals surface area contributed by atoms with Crippen molar-refractivity contribution in [2.75, 3.05) is 20.8 Å². The van der Waals surface area contributed by atoms with Crippen LogP contribution in [0.15, 0.2) is 42.5 Å². The molecule has 142 valence electrons. The Labute approximate surface area is 155 Å². The van der Waals surface area contributed by atoms with Gasteiger partial charge in [0.15, 0.2) is 11.5 Å². The molecule has 9 heteroatoms. The lowest BCUT2D eigenvalue weighted by atomic mass is 10.2. The fourth-order valence-corrected chi connectivity index (χ4v) is 2.33. The van der Waals surface area contributed by atoms with E-state index in [0.29, 0.717) is 22.6 Å². The summed E-state index contributed by atoms with van der Waals surface area (Å²) in [6.45, 7) is -0.282. The molecule has 0 bridgehead atoms. The maximum absolute atomic E-state index is 12.2. The Hall–Kier alpha value is -3.62. The van der Waals surface area contributed by atoms with E-state index >= 15 is 0 Å². The molecule has 0 radical (unpaired) electrons. The molecule has 0 unspecified atom stereocenters. The number of rotatable bonds is 8. The number of hydrogen-bond donors (Lipinski definition) is 2. The van der Waals surface area contributed by atoms with E-state index < -0.39 is 16.7 Å². The van der Waals surface area contributed by atoms with E-state index in [1.807, 2.05) is 0 Å². The van der Waals surface area contributed by atoms with Crippen molar-refractivity contribution in [3.63, 3.8) is 0 Å². The molecular weight excluding hydrogens is 354 g/mol. The third-order valence-electron chi connectivity index (χ3n) is 3.72. The first kappa shape index (κ1) is 19.7. The van der Waals surface area contributed by atoms with Gasteiger partial charge in [0, 0.05) is 23.7 Å². The highest BCUT2D eigenvalue weighted by molar-refractivity contribution is 5.97. The number of carbonyl (C=O) groups excluding carboxylic acids is 2. The molecule has 27 heavy (non-hydrogen) atoms. The van der Waals surface area contributed by atoms with Crippen molar-refractivity contribution in [1.82, 2.24) is 10.6 Å². The van der Waals surface area contributed by atoms with Gasteiger partial charge in [-0.1, -0.05) is 18.2 Å². The van der Waals surface area contributed by atoms with Gasteiger partial charge in [-0.3, -0.25) is 19.7 Å². The largest absolute Gasteiger partial charge is 0.493 e. The number of carbonyl (C=O) groups is 2. The number of hydrogen-bond acceptors (Lipinski definition) is 6. The molecule has 0 aromatic heterocycles. The first-order valence-corrected chi connectivity index (χ1v) is 7.95. The zero-order chi connectivity index (χ0) is 19.8. The van der Waals surface area contributed by atoms with E-state index in [9.17, 15) is 19.7 Å². The number of amides is 2. The van der Waals surface area contributed by atoms with Crippen LogP contribution in [0.5, 0.6) is 11.5 Å². The minimum absolute atomic E-state index is 0.0117. The smallest absolute Gasteiger partial charge is 0.274 e. The lowest BCUT2D eigenvalue weighted by molar-refractivity contribution is -0.385. The van der Waals surface area contributed by atoms with E-state index in [1.165, 1.54) is 26.4 Å². The van der Waals surface area contributed by atoms with Crippen LogP contribution in [-0.2, 0) is 11.3 Å². The second kappa shape index (κ2) is 9.18. The van der Waals surface area contributed by atoms with Crippen molar-refractivity contribution in [2.45, 2.75) is 6.54 Å². The summed E-state index contributed by atoms with van der Waals surface area (Å²) in [7, 11) is 2.94.